The molecular formula is C16H24N4. The summed E-state index contributed by atoms with van der Waals surface area (Å²) in [5, 5.41) is 4.21. The molecule has 4 heteroatoms. The average molecular weight is 272 g/mol. The highest BCUT2D eigenvalue weighted by atomic mass is 15.3. The van der Waals surface area contributed by atoms with Gasteiger partial charge in [-0.25, -0.2) is 0 Å². The van der Waals surface area contributed by atoms with Crippen LogP contribution >= 0.6 is 0 Å². The molecule has 0 aliphatic heterocycles. The fourth-order valence-corrected chi connectivity index (χ4v) is 2.34. The van der Waals surface area contributed by atoms with Crippen molar-refractivity contribution in [3.05, 3.63) is 47.7 Å². The first-order valence-corrected chi connectivity index (χ1v) is 7.25. The summed E-state index contributed by atoms with van der Waals surface area (Å²) in [6.45, 7) is 8.46. The third kappa shape index (κ3) is 4.10. The molecule has 1 aromatic heterocycles. The lowest BCUT2D eigenvalue weighted by atomic mass is 10.1. The number of aryl methyl sites for hydroxylation is 2. The lowest BCUT2D eigenvalue weighted by Crippen LogP contribution is -2.25. The highest BCUT2D eigenvalue weighted by Gasteiger charge is 2.05. The van der Waals surface area contributed by atoms with Gasteiger partial charge in [0.1, 0.15) is 5.82 Å². The van der Waals surface area contributed by atoms with Crippen LogP contribution in [0.4, 0.5) is 5.82 Å². The molecule has 1 heterocycles. The first-order chi connectivity index (χ1) is 9.69. The van der Waals surface area contributed by atoms with Crippen molar-refractivity contribution < 1.29 is 0 Å². The van der Waals surface area contributed by atoms with Crippen molar-refractivity contribution in [2.45, 2.75) is 33.4 Å². The molecule has 0 spiro atoms. The summed E-state index contributed by atoms with van der Waals surface area (Å²) >= 11 is 0. The molecule has 20 heavy (non-hydrogen) atoms. The Labute approximate surface area is 121 Å². The topological polar surface area (TPSA) is 47.1 Å². The monoisotopic (exact) mass is 272 g/mol. The van der Waals surface area contributed by atoms with Crippen LogP contribution in [-0.2, 0) is 13.1 Å². The maximum atomic E-state index is 5.61. The summed E-state index contributed by atoms with van der Waals surface area (Å²) in [5.74, 6) is 0.595. The van der Waals surface area contributed by atoms with Crippen LogP contribution in [0.15, 0.2) is 36.5 Å². The quantitative estimate of drug-likeness (QED) is 0.843. The molecule has 1 aromatic carbocycles. The van der Waals surface area contributed by atoms with Crippen LogP contribution in [0, 0.1) is 6.92 Å². The Morgan fingerprint density at radius 1 is 1.25 bits per heavy atom. The zero-order chi connectivity index (χ0) is 14.4. The predicted octanol–water partition coefficient (Wildman–Crippen LogP) is 2.69. The van der Waals surface area contributed by atoms with E-state index in [0.29, 0.717) is 5.82 Å². The van der Waals surface area contributed by atoms with Crippen LogP contribution in [0.5, 0.6) is 0 Å². The summed E-state index contributed by atoms with van der Waals surface area (Å²) in [4.78, 5) is 2.47. The van der Waals surface area contributed by atoms with Crippen molar-refractivity contribution in [2.24, 2.45) is 0 Å². The van der Waals surface area contributed by atoms with Crippen molar-refractivity contribution in [1.82, 2.24) is 14.7 Å². The van der Waals surface area contributed by atoms with Crippen molar-refractivity contribution in [2.75, 3.05) is 18.8 Å². The first kappa shape index (κ1) is 14.6. The van der Waals surface area contributed by atoms with Gasteiger partial charge in [-0.3, -0.25) is 9.58 Å². The number of benzene rings is 1. The minimum Gasteiger partial charge on any atom is -0.382 e. The number of hydrogen-bond acceptors (Lipinski definition) is 3. The van der Waals surface area contributed by atoms with Gasteiger partial charge in [0.25, 0.3) is 0 Å². The highest BCUT2D eigenvalue weighted by molar-refractivity contribution is 5.25. The van der Waals surface area contributed by atoms with Crippen LogP contribution in [0.2, 0.25) is 0 Å². The smallest absolute Gasteiger partial charge is 0.145 e. The molecule has 0 unspecified atom stereocenters. The van der Waals surface area contributed by atoms with Crippen molar-refractivity contribution in [1.29, 1.82) is 0 Å². The van der Waals surface area contributed by atoms with Crippen LogP contribution in [-0.4, -0.2) is 27.8 Å². The minimum atomic E-state index is 0.595. The molecule has 108 valence electrons. The van der Waals surface area contributed by atoms with Gasteiger partial charge in [-0.15, -0.1) is 0 Å². The predicted molar refractivity (Wildman–Crippen MR) is 83.4 cm³/mol. The Balaban J connectivity index is 1.82. The Hall–Kier alpha value is -1.81. The highest BCUT2D eigenvalue weighted by Crippen LogP contribution is 2.10. The fourth-order valence-electron chi connectivity index (χ4n) is 2.34. The lowest BCUT2D eigenvalue weighted by molar-refractivity contribution is 0.268. The molecule has 4 nitrogen and oxygen atoms in total. The van der Waals surface area contributed by atoms with Gasteiger partial charge >= 0.3 is 0 Å². The third-order valence-electron chi connectivity index (χ3n) is 3.63. The number of nitrogens with zero attached hydrogens (tertiary/aromatic N) is 3. The standard InChI is InChI=1S/C16H24N4/c1-3-19(13-15-8-5-4-7-14(15)2)10-6-11-20-12-9-16(17)18-20/h4-5,7-9,12H,3,6,10-11,13H2,1-2H3,(H2,17,18). The lowest BCUT2D eigenvalue weighted by Gasteiger charge is -2.21. The molecular weight excluding hydrogens is 248 g/mol. The molecule has 0 radical (unpaired) electrons. The van der Waals surface area contributed by atoms with Gasteiger partial charge in [-0.1, -0.05) is 31.2 Å². The SMILES string of the molecule is CCN(CCCn1ccc(N)n1)Cc1ccccc1C. The number of aromatic nitrogens is 2. The molecule has 2 N–H and O–H groups in total. The number of hydrogen-bond donors (Lipinski definition) is 1. The zero-order valence-electron chi connectivity index (χ0n) is 12.4. The van der Waals surface area contributed by atoms with Gasteiger partial charge in [0.05, 0.1) is 0 Å². The Kier molecular flexibility index (Phi) is 5.18. The number of nitrogens with two attached hydrogens (primary N) is 1. The number of anilines is 1. The molecule has 0 fully saturated rings. The minimum absolute atomic E-state index is 0.595. The molecule has 2 rings (SSSR count). The van der Waals surface area contributed by atoms with Crippen LogP contribution in [0.1, 0.15) is 24.5 Å². The van der Waals surface area contributed by atoms with E-state index in [4.69, 9.17) is 5.73 Å². The summed E-state index contributed by atoms with van der Waals surface area (Å²) < 4.78 is 1.91. The van der Waals surface area contributed by atoms with E-state index in [-0.39, 0.29) is 0 Å². The Bertz CT molecular complexity index is 533. The molecule has 0 atom stereocenters. The maximum absolute atomic E-state index is 5.61. The fraction of sp³-hybridized carbons (Fsp3) is 0.438. The molecule has 0 saturated carbocycles. The van der Waals surface area contributed by atoms with E-state index >= 15 is 0 Å². The van der Waals surface area contributed by atoms with E-state index < -0.39 is 0 Å². The average Bonchev–Trinajstić information content (AvgIpc) is 2.85. The first-order valence-electron chi connectivity index (χ1n) is 7.25. The largest absolute Gasteiger partial charge is 0.382 e. The number of rotatable bonds is 7. The van der Waals surface area contributed by atoms with Crippen molar-refractivity contribution in [3.63, 3.8) is 0 Å². The van der Waals surface area contributed by atoms with E-state index in [1.165, 1.54) is 11.1 Å². The molecule has 0 bridgehead atoms. The second-order valence-electron chi connectivity index (χ2n) is 5.15. The van der Waals surface area contributed by atoms with Gasteiger partial charge in [-0.2, -0.15) is 5.10 Å². The van der Waals surface area contributed by atoms with Crippen LogP contribution in [0.3, 0.4) is 0 Å². The molecule has 0 aliphatic rings. The van der Waals surface area contributed by atoms with Crippen LogP contribution < -0.4 is 5.73 Å². The van der Waals surface area contributed by atoms with Gasteiger partial charge in [-0.05, 0) is 37.1 Å². The summed E-state index contributed by atoms with van der Waals surface area (Å²) in [7, 11) is 0. The van der Waals surface area contributed by atoms with Gasteiger partial charge in [0.2, 0.25) is 0 Å². The molecule has 2 aromatic rings. The molecule has 0 saturated heterocycles. The maximum Gasteiger partial charge on any atom is 0.145 e. The summed E-state index contributed by atoms with van der Waals surface area (Å²) in [6, 6.07) is 10.4. The molecule has 0 amide bonds. The second kappa shape index (κ2) is 7.10. The Morgan fingerprint density at radius 2 is 2.05 bits per heavy atom. The van der Waals surface area contributed by atoms with Crippen LogP contribution in [0.25, 0.3) is 0 Å². The molecule has 0 aliphatic carbocycles. The summed E-state index contributed by atoms with van der Waals surface area (Å²) in [6.07, 6.45) is 3.02. The van der Waals surface area contributed by atoms with Gasteiger partial charge in [0.15, 0.2) is 0 Å². The third-order valence-corrected chi connectivity index (χ3v) is 3.63. The van der Waals surface area contributed by atoms with Crippen molar-refractivity contribution in [3.8, 4) is 0 Å². The van der Waals surface area contributed by atoms with Crippen molar-refractivity contribution >= 4 is 5.82 Å². The van der Waals surface area contributed by atoms with E-state index in [1.807, 2.05) is 16.9 Å². The second-order valence-corrected chi connectivity index (χ2v) is 5.15. The summed E-state index contributed by atoms with van der Waals surface area (Å²) in [5.41, 5.74) is 8.39. The van der Waals surface area contributed by atoms with Gasteiger partial charge in [0, 0.05) is 25.8 Å². The van der Waals surface area contributed by atoms with Gasteiger partial charge < -0.3 is 5.73 Å². The van der Waals surface area contributed by atoms with E-state index in [9.17, 15) is 0 Å². The Morgan fingerprint density at radius 3 is 2.70 bits per heavy atom. The van der Waals surface area contributed by atoms with E-state index in [1.54, 1.807) is 0 Å². The number of nitrogen functional groups attached to an aromatic ring is 1. The zero-order valence-corrected chi connectivity index (χ0v) is 12.4. The normalized spacial score (nSPS) is 11.2. The van der Waals surface area contributed by atoms with E-state index in [0.717, 1.165) is 32.6 Å². The van der Waals surface area contributed by atoms with E-state index in [2.05, 4.69) is 48.1 Å².